The molecule has 5 heteroatoms. The molecule has 4 unspecified atom stereocenters. The van der Waals surface area contributed by atoms with Gasteiger partial charge in [-0.25, -0.2) is 0 Å². The molecule has 1 spiro atoms. The van der Waals surface area contributed by atoms with Crippen LogP contribution in [0.1, 0.15) is 44.9 Å². The van der Waals surface area contributed by atoms with Crippen LogP contribution in [0.4, 0.5) is 0 Å². The van der Waals surface area contributed by atoms with Gasteiger partial charge in [-0.15, -0.1) is 0 Å². The van der Waals surface area contributed by atoms with E-state index in [0.717, 1.165) is 58.3 Å². The molecule has 4 rings (SSSR count). The summed E-state index contributed by atoms with van der Waals surface area (Å²) >= 11 is 0. The molecule has 2 bridgehead atoms. The fourth-order valence-corrected chi connectivity index (χ4v) is 5.21. The zero-order chi connectivity index (χ0) is 14.4. The molecule has 4 aliphatic heterocycles. The lowest BCUT2D eigenvalue weighted by Crippen LogP contribution is -2.52. The van der Waals surface area contributed by atoms with E-state index in [1.54, 1.807) is 0 Å². The average molecular weight is 295 g/mol. The summed E-state index contributed by atoms with van der Waals surface area (Å²) in [4.78, 5) is 14.0. The van der Waals surface area contributed by atoms with Gasteiger partial charge in [0.05, 0.1) is 11.5 Å². The third-order valence-electron chi connectivity index (χ3n) is 6.20. The van der Waals surface area contributed by atoms with Crippen LogP contribution >= 0.6 is 0 Å². The number of carboxylic acids is 1. The number of ether oxygens (including phenoxy) is 2. The third-order valence-corrected chi connectivity index (χ3v) is 6.20. The zero-order valence-corrected chi connectivity index (χ0v) is 12.5. The number of nitrogens with zero attached hydrogens (tertiary/aromatic N) is 1. The zero-order valence-electron chi connectivity index (χ0n) is 12.5. The lowest BCUT2D eigenvalue weighted by molar-refractivity contribution is -0.154. The molecule has 0 radical (unpaired) electrons. The fourth-order valence-electron chi connectivity index (χ4n) is 5.21. The Morgan fingerprint density at radius 2 is 1.90 bits per heavy atom. The van der Waals surface area contributed by atoms with Crippen molar-refractivity contribution in [3.8, 4) is 0 Å². The number of rotatable bonds is 2. The highest BCUT2D eigenvalue weighted by molar-refractivity contribution is 5.71. The molecule has 4 aliphatic rings. The highest BCUT2D eigenvalue weighted by Gasteiger charge is 2.53. The molecule has 0 aliphatic carbocycles. The van der Waals surface area contributed by atoms with Crippen LogP contribution in [-0.4, -0.2) is 59.5 Å². The van der Waals surface area contributed by atoms with E-state index in [1.807, 2.05) is 0 Å². The quantitative estimate of drug-likeness (QED) is 0.839. The minimum atomic E-state index is -0.597. The molecule has 21 heavy (non-hydrogen) atoms. The molecule has 0 aromatic carbocycles. The highest BCUT2D eigenvalue weighted by atomic mass is 16.5. The highest BCUT2D eigenvalue weighted by Crippen LogP contribution is 2.47. The van der Waals surface area contributed by atoms with E-state index in [-0.39, 0.29) is 17.6 Å². The minimum Gasteiger partial charge on any atom is -0.481 e. The standard InChI is InChI=1S/C16H25NO4/c18-15(19)13-9-11-1-2-14(13)17(11)12-3-6-21-16(10-12)4-7-20-8-5-16/h11-14H,1-10H2,(H,18,19). The van der Waals surface area contributed by atoms with Gasteiger partial charge in [0.1, 0.15) is 0 Å². The van der Waals surface area contributed by atoms with Gasteiger partial charge < -0.3 is 14.6 Å². The molecule has 0 aromatic rings. The summed E-state index contributed by atoms with van der Waals surface area (Å²) in [5.41, 5.74) is 0.00190. The average Bonchev–Trinajstić information content (AvgIpc) is 3.06. The first-order chi connectivity index (χ1) is 10.2. The first-order valence-corrected chi connectivity index (χ1v) is 8.40. The lowest BCUT2D eigenvalue weighted by atomic mass is 9.83. The van der Waals surface area contributed by atoms with E-state index >= 15 is 0 Å². The largest absolute Gasteiger partial charge is 0.481 e. The molecular weight excluding hydrogens is 270 g/mol. The van der Waals surface area contributed by atoms with Crippen molar-refractivity contribution in [2.24, 2.45) is 5.92 Å². The van der Waals surface area contributed by atoms with E-state index < -0.39 is 5.97 Å². The Morgan fingerprint density at radius 1 is 1.10 bits per heavy atom. The van der Waals surface area contributed by atoms with Crippen LogP contribution in [0.5, 0.6) is 0 Å². The molecule has 4 heterocycles. The molecule has 118 valence electrons. The number of hydrogen-bond acceptors (Lipinski definition) is 4. The number of carboxylic acid groups (broad SMARTS) is 1. The molecule has 0 amide bonds. The number of hydrogen-bond donors (Lipinski definition) is 1. The van der Waals surface area contributed by atoms with E-state index in [9.17, 15) is 9.90 Å². The van der Waals surface area contributed by atoms with E-state index in [1.165, 1.54) is 6.42 Å². The van der Waals surface area contributed by atoms with Gasteiger partial charge in [-0.1, -0.05) is 0 Å². The summed E-state index contributed by atoms with van der Waals surface area (Å²) in [6, 6.07) is 1.28. The van der Waals surface area contributed by atoms with Crippen molar-refractivity contribution in [2.45, 2.75) is 68.7 Å². The molecule has 0 aromatic heterocycles. The number of fused-ring (bicyclic) bond motifs is 2. The Balaban J connectivity index is 1.50. The van der Waals surface area contributed by atoms with Crippen molar-refractivity contribution >= 4 is 5.97 Å². The SMILES string of the molecule is O=C(O)C1CC2CCC1N2C1CCOC2(CCOCC2)C1. The van der Waals surface area contributed by atoms with Crippen LogP contribution in [0.2, 0.25) is 0 Å². The second-order valence-corrected chi connectivity index (χ2v) is 7.22. The smallest absolute Gasteiger partial charge is 0.308 e. The van der Waals surface area contributed by atoms with Crippen LogP contribution in [0.25, 0.3) is 0 Å². The monoisotopic (exact) mass is 295 g/mol. The van der Waals surface area contributed by atoms with Crippen molar-refractivity contribution in [3.05, 3.63) is 0 Å². The minimum absolute atomic E-state index is 0.00190. The van der Waals surface area contributed by atoms with E-state index in [2.05, 4.69) is 4.90 Å². The Bertz CT molecular complexity index is 415. The number of carbonyl (C=O) groups is 1. The van der Waals surface area contributed by atoms with Crippen molar-refractivity contribution in [1.29, 1.82) is 0 Å². The van der Waals surface area contributed by atoms with Gasteiger partial charge >= 0.3 is 5.97 Å². The Kier molecular flexibility index (Phi) is 3.47. The van der Waals surface area contributed by atoms with Crippen LogP contribution in [-0.2, 0) is 14.3 Å². The van der Waals surface area contributed by atoms with Gasteiger partial charge in [-0.3, -0.25) is 9.69 Å². The first kappa shape index (κ1) is 14.0. The fraction of sp³-hybridized carbons (Fsp3) is 0.938. The Morgan fingerprint density at radius 3 is 2.62 bits per heavy atom. The number of aliphatic carboxylic acids is 1. The van der Waals surface area contributed by atoms with Gasteiger partial charge in [0.25, 0.3) is 0 Å². The van der Waals surface area contributed by atoms with Crippen molar-refractivity contribution in [1.82, 2.24) is 4.90 Å². The maximum atomic E-state index is 11.4. The summed E-state index contributed by atoms with van der Waals surface area (Å²) in [6.45, 7) is 2.42. The van der Waals surface area contributed by atoms with Crippen LogP contribution in [0.15, 0.2) is 0 Å². The van der Waals surface area contributed by atoms with Crippen LogP contribution in [0, 0.1) is 5.92 Å². The second kappa shape index (κ2) is 5.21. The summed E-state index contributed by atoms with van der Waals surface area (Å²) in [5.74, 6) is -0.739. The Labute approximate surface area is 125 Å². The lowest BCUT2D eigenvalue weighted by Gasteiger charge is -2.46. The second-order valence-electron chi connectivity index (χ2n) is 7.22. The van der Waals surface area contributed by atoms with Crippen molar-refractivity contribution in [3.63, 3.8) is 0 Å². The van der Waals surface area contributed by atoms with Gasteiger partial charge in [0.2, 0.25) is 0 Å². The first-order valence-electron chi connectivity index (χ1n) is 8.40. The van der Waals surface area contributed by atoms with Crippen LogP contribution in [0.3, 0.4) is 0 Å². The summed E-state index contributed by atoms with van der Waals surface area (Å²) in [7, 11) is 0. The molecule has 4 fully saturated rings. The topological polar surface area (TPSA) is 59.0 Å². The summed E-state index contributed by atoms with van der Waals surface area (Å²) in [5, 5.41) is 9.43. The summed E-state index contributed by atoms with van der Waals surface area (Å²) < 4.78 is 11.6. The molecule has 5 nitrogen and oxygen atoms in total. The predicted molar refractivity (Wildman–Crippen MR) is 76.1 cm³/mol. The summed E-state index contributed by atoms with van der Waals surface area (Å²) in [6.07, 6.45) is 7.21. The molecule has 4 atom stereocenters. The van der Waals surface area contributed by atoms with Gasteiger partial charge in [0, 0.05) is 37.9 Å². The molecular formula is C16H25NO4. The maximum Gasteiger partial charge on any atom is 0.308 e. The Hall–Kier alpha value is -0.650. The maximum absolute atomic E-state index is 11.4. The van der Waals surface area contributed by atoms with Gasteiger partial charge in [-0.05, 0) is 44.9 Å². The van der Waals surface area contributed by atoms with Gasteiger partial charge in [-0.2, -0.15) is 0 Å². The molecule has 4 saturated heterocycles. The van der Waals surface area contributed by atoms with Crippen molar-refractivity contribution < 1.29 is 19.4 Å². The van der Waals surface area contributed by atoms with Crippen LogP contribution < -0.4 is 0 Å². The van der Waals surface area contributed by atoms with E-state index in [4.69, 9.17) is 9.47 Å². The van der Waals surface area contributed by atoms with E-state index in [0.29, 0.717) is 12.1 Å². The molecule has 0 saturated carbocycles. The normalized spacial score (nSPS) is 42.5. The van der Waals surface area contributed by atoms with Crippen molar-refractivity contribution in [2.75, 3.05) is 19.8 Å². The third kappa shape index (κ3) is 2.30. The van der Waals surface area contributed by atoms with Gasteiger partial charge in [0.15, 0.2) is 0 Å². The molecule has 1 N–H and O–H groups in total. The predicted octanol–water partition coefficient (Wildman–Crippen LogP) is 1.65.